The highest BCUT2D eigenvalue weighted by Gasteiger charge is 2.31. The Morgan fingerprint density at radius 1 is 0.583 bits per heavy atom. The minimum absolute atomic E-state index is 0.0656. The highest BCUT2D eigenvalue weighted by atomic mass is 16.6. The van der Waals surface area contributed by atoms with Gasteiger partial charge in [-0.05, 0) is 122 Å². The molecule has 17 nitrogen and oxygen atoms in total. The maximum absolute atomic E-state index is 12.8. The Morgan fingerprint density at radius 2 is 1.04 bits per heavy atom. The van der Waals surface area contributed by atoms with E-state index in [4.69, 9.17) is 53.5 Å². The number of nitrogens with zero attached hydrogens (tertiary/aromatic N) is 4. The van der Waals surface area contributed by atoms with E-state index in [-0.39, 0.29) is 12.1 Å². The topological polar surface area (TPSA) is 171 Å². The van der Waals surface area contributed by atoms with Crippen LogP contribution in [0.4, 0.5) is 4.79 Å². The fourth-order valence-corrected chi connectivity index (χ4v) is 9.93. The average molecular weight is 1000 g/mol. The van der Waals surface area contributed by atoms with Crippen LogP contribution in [0.2, 0.25) is 0 Å². The Kier molecular flexibility index (Phi) is 21.2. The summed E-state index contributed by atoms with van der Waals surface area (Å²) in [6, 6.07) is 15.6. The van der Waals surface area contributed by atoms with E-state index in [2.05, 4.69) is 39.0 Å². The van der Waals surface area contributed by atoms with Crippen molar-refractivity contribution in [1.82, 2.24) is 24.9 Å². The first-order chi connectivity index (χ1) is 34.9. The fraction of sp³-hybridized carbons (Fsp3) is 0.545. The lowest BCUT2D eigenvalue weighted by Gasteiger charge is -2.32. The molecule has 4 aromatic rings. The molecule has 1 amide bonds. The molecule has 2 fully saturated rings. The van der Waals surface area contributed by atoms with Crippen LogP contribution < -0.4 is 48.9 Å². The van der Waals surface area contributed by atoms with Gasteiger partial charge in [0.1, 0.15) is 11.5 Å². The number of rotatable bonds is 16. The number of benzene rings is 4. The second-order valence-electron chi connectivity index (χ2n) is 18.5. The molecule has 0 aromatic heterocycles. The van der Waals surface area contributed by atoms with Gasteiger partial charge in [-0.2, -0.15) is 0 Å². The highest BCUT2D eigenvalue weighted by Crippen LogP contribution is 2.52. The Bertz CT molecular complexity index is 2370. The Labute approximate surface area is 427 Å². The molecule has 0 bridgehead atoms. The van der Waals surface area contributed by atoms with Gasteiger partial charge in [0, 0.05) is 89.2 Å². The summed E-state index contributed by atoms with van der Waals surface area (Å²) >= 11 is 0. The average Bonchev–Trinajstić information content (AvgIpc) is 3.65. The molecule has 72 heavy (non-hydrogen) atoms. The number of nitrogens with two attached hydrogens (primary N) is 1. The van der Waals surface area contributed by atoms with E-state index in [0.29, 0.717) is 66.3 Å². The van der Waals surface area contributed by atoms with E-state index in [1.54, 1.807) is 56.9 Å². The van der Waals surface area contributed by atoms with E-state index in [9.17, 15) is 4.79 Å². The summed E-state index contributed by atoms with van der Waals surface area (Å²) in [4.78, 5) is 22.3. The molecule has 2 aliphatic heterocycles. The van der Waals surface area contributed by atoms with Crippen molar-refractivity contribution in [2.45, 2.75) is 50.6 Å². The maximum atomic E-state index is 12.8. The SMILES string of the molecule is CN1CCN(CCCO)CC1.COc1ccc2c(c1)[C@@H](N)CCc1cc(OC)c(OC)c(OC)c1-2.COc1ccc2c(c1)[C@@H](NC(=O)OCCCN1CCN(C)CC1)CCc1cc(OC)c(OC)c(OC)c1-2. The van der Waals surface area contributed by atoms with Crippen LogP contribution in [-0.2, 0) is 17.6 Å². The number of carbonyl (C=O) groups excluding carboxylic acids is 1. The number of likely N-dealkylation sites (N-methyl/N-ethyl adjacent to an activating group) is 2. The molecule has 396 valence electrons. The van der Waals surface area contributed by atoms with Gasteiger partial charge in [-0.3, -0.25) is 0 Å². The maximum Gasteiger partial charge on any atom is 0.407 e. The highest BCUT2D eigenvalue weighted by molar-refractivity contribution is 5.84. The molecule has 17 heteroatoms. The largest absolute Gasteiger partial charge is 0.497 e. The zero-order valence-electron chi connectivity index (χ0n) is 44.4. The van der Waals surface area contributed by atoms with Crippen LogP contribution in [0.3, 0.4) is 0 Å². The van der Waals surface area contributed by atoms with Crippen molar-refractivity contribution in [3.05, 3.63) is 70.8 Å². The molecule has 2 saturated heterocycles. The smallest absolute Gasteiger partial charge is 0.407 e. The second kappa shape index (κ2) is 27.4. The molecular weight excluding hydrogens is 921 g/mol. The molecule has 0 radical (unpaired) electrons. The van der Waals surface area contributed by atoms with Gasteiger partial charge in [0.2, 0.25) is 11.5 Å². The minimum atomic E-state index is -0.412. The Balaban J connectivity index is 0.000000205. The summed E-state index contributed by atoms with van der Waals surface area (Å²) in [5.41, 5.74) is 14.6. The van der Waals surface area contributed by atoms with Gasteiger partial charge in [-0.15, -0.1) is 0 Å². The predicted molar refractivity (Wildman–Crippen MR) is 281 cm³/mol. The first-order valence-electron chi connectivity index (χ1n) is 25.1. The van der Waals surface area contributed by atoms with Crippen molar-refractivity contribution in [1.29, 1.82) is 0 Å². The van der Waals surface area contributed by atoms with Gasteiger partial charge in [0.25, 0.3) is 0 Å². The quantitative estimate of drug-likeness (QED) is 0.101. The van der Waals surface area contributed by atoms with E-state index in [1.807, 2.05) is 48.5 Å². The molecular formula is C55H80N6O11. The third-order valence-corrected chi connectivity index (χ3v) is 14.0. The lowest BCUT2D eigenvalue weighted by molar-refractivity contribution is 0.120. The van der Waals surface area contributed by atoms with Gasteiger partial charge in [-0.25, -0.2) is 4.79 Å². The lowest BCUT2D eigenvalue weighted by Crippen LogP contribution is -2.44. The molecule has 4 aromatic carbocycles. The number of amides is 1. The van der Waals surface area contributed by atoms with Crippen LogP contribution in [0, 0.1) is 0 Å². The molecule has 8 rings (SSSR count). The van der Waals surface area contributed by atoms with Gasteiger partial charge in [0.15, 0.2) is 23.0 Å². The molecule has 4 aliphatic rings. The summed E-state index contributed by atoms with van der Waals surface area (Å²) < 4.78 is 50.3. The molecule has 4 N–H and O–H groups in total. The van der Waals surface area contributed by atoms with Crippen molar-refractivity contribution in [2.24, 2.45) is 5.73 Å². The minimum Gasteiger partial charge on any atom is -0.497 e. The zero-order valence-corrected chi connectivity index (χ0v) is 44.4. The number of alkyl carbamates (subject to hydrolysis) is 1. The predicted octanol–water partition coefficient (Wildman–Crippen LogP) is 6.69. The van der Waals surface area contributed by atoms with E-state index < -0.39 is 6.09 Å². The molecule has 0 saturated carbocycles. The van der Waals surface area contributed by atoms with E-state index in [0.717, 1.165) is 128 Å². The molecule has 0 spiro atoms. The van der Waals surface area contributed by atoms with Crippen LogP contribution in [0.15, 0.2) is 48.5 Å². The molecule has 0 unspecified atom stereocenters. The molecule has 2 heterocycles. The standard InChI is InChI=1S/C28H39N3O6.C19H23NO4.C8H18N2O/c1-30-12-14-31(15-13-30)11-6-16-37-28(32)29-23-10-7-19-17-24(34-3)26(35-4)27(36-5)25(19)21-9-8-20(33-2)18-22(21)23;1-21-12-6-7-13-14(10-12)15(20)8-5-11-9-16(22-2)18(23-3)19(24-4)17(11)13;1-9-4-6-10(7-5-9)3-2-8-11/h8-9,17-18,23H,6-7,10-16H2,1-5H3,(H,29,32);6-7,9-10,15H,5,8,20H2,1-4H3;11H,2-8H2,1H3/t23-;15-;/m00./s1. The first kappa shape index (κ1) is 55.6. The number of piperazine rings is 2. The first-order valence-corrected chi connectivity index (χ1v) is 25.1. The number of hydrogen-bond acceptors (Lipinski definition) is 16. The summed E-state index contributed by atoms with van der Waals surface area (Å²) in [6.45, 7) is 11.7. The van der Waals surface area contributed by atoms with Crippen LogP contribution in [-0.4, -0.2) is 180 Å². The molecule has 2 aliphatic carbocycles. The monoisotopic (exact) mass is 1000 g/mol. The Hall–Kier alpha value is -5.69. The summed E-state index contributed by atoms with van der Waals surface area (Å²) in [5.74, 6) is 5.20. The summed E-state index contributed by atoms with van der Waals surface area (Å²) in [6.07, 6.45) is 4.39. The number of carbonyl (C=O) groups is 1. The van der Waals surface area contributed by atoms with Crippen molar-refractivity contribution < 1.29 is 52.5 Å². The Morgan fingerprint density at radius 3 is 1.50 bits per heavy atom. The third kappa shape index (κ3) is 13.7. The third-order valence-electron chi connectivity index (χ3n) is 14.0. The van der Waals surface area contributed by atoms with Crippen LogP contribution in [0.1, 0.15) is 60.0 Å². The van der Waals surface area contributed by atoms with Gasteiger partial charge < -0.3 is 78.4 Å². The van der Waals surface area contributed by atoms with Crippen molar-refractivity contribution >= 4 is 6.09 Å². The number of aliphatic hydroxyl groups is 1. The number of ether oxygens (including phenoxy) is 9. The number of hydrogen-bond donors (Lipinski definition) is 3. The number of aliphatic hydroxyl groups excluding tert-OH is 1. The van der Waals surface area contributed by atoms with Crippen molar-refractivity contribution in [3.8, 4) is 68.2 Å². The van der Waals surface area contributed by atoms with E-state index >= 15 is 0 Å². The second-order valence-corrected chi connectivity index (χ2v) is 18.5. The zero-order chi connectivity index (χ0) is 51.7. The van der Waals surface area contributed by atoms with Gasteiger partial charge in [0.05, 0.1) is 69.5 Å². The number of nitrogens with one attached hydrogen (secondary N) is 1. The number of aryl methyl sites for hydroxylation is 2. The van der Waals surface area contributed by atoms with Crippen molar-refractivity contribution in [3.63, 3.8) is 0 Å². The van der Waals surface area contributed by atoms with Crippen LogP contribution in [0.5, 0.6) is 46.0 Å². The summed E-state index contributed by atoms with van der Waals surface area (Å²) in [7, 11) is 17.3. The normalized spacial score (nSPS) is 17.8. The fourth-order valence-electron chi connectivity index (χ4n) is 9.93. The van der Waals surface area contributed by atoms with E-state index in [1.165, 1.54) is 13.1 Å². The molecule has 2 atom stereocenters. The summed E-state index contributed by atoms with van der Waals surface area (Å²) in [5, 5.41) is 11.7. The lowest BCUT2D eigenvalue weighted by atomic mass is 9.93. The van der Waals surface area contributed by atoms with Crippen LogP contribution in [0.25, 0.3) is 22.3 Å². The van der Waals surface area contributed by atoms with Crippen molar-refractivity contribution in [2.75, 3.05) is 150 Å². The number of fused-ring (bicyclic) bond motifs is 6. The number of methoxy groups -OCH3 is 8. The van der Waals surface area contributed by atoms with Crippen LogP contribution >= 0.6 is 0 Å². The van der Waals surface area contributed by atoms with Gasteiger partial charge in [-0.1, -0.05) is 12.1 Å². The van der Waals surface area contributed by atoms with Gasteiger partial charge >= 0.3 is 6.09 Å².